The van der Waals surface area contributed by atoms with Crippen LogP contribution in [0, 0.1) is 5.92 Å². The molecular formula is C9H14O2. The number of carbonyl (C=O) groups excluding carboxylic acids is 2. The summed E-state index contributed by atoms with van der Waals surface area (Å²) >= 11 is 0. The van der Waals surface area contributed by atoms with Gasteiger partial charge in [-0.3, -0.25) is 9.59 Å². The molecule has 62 valence electrons. The van der Waals surface area contributed by atoms with Crippen molar-refractivity contribution in [3.05, 3.63) is 0 Å². The summed E-state index contributed by atoms with van der Waals surface area (Å²) in [6, 6.07) is 0. The third-order valence-corrected chi connectivity index (χ3v) is 2.20. The van der Waals surface area contributed by atoms with E-state index < -0.39 is 0 Å². The number of Topliss-reactive ketones (excluding diaryl/α,β-unsaturated/α-hetero) is 2. The van der Waals surface area contributed by atoms with E-state index >= 15 is 0 Å². The summed E-state index contributed by atoms with van der Waals surface area (Å²) in [7, 11) is 0. The second-order valence-corrected chi connectivity index (χ2v) is 3.19. The maximum Gasteiger partial charge on any atom is 0.136 e. The Labute approximate surface area is 67.0 Å². The molecule has 0 aliphatic heterocycles. The SMILES string of the molecule is CCCC(=O)C1CCC(=O)C1. The normalized spacial score (nSPS) is 24.1. The molecule has 1 aliphatic rings. The number of carbonyl (C=O) groups is 2. The summed E-state index contributed by atoms with van der Waals surface area (Å²) in [5.41, 5.74) is 0. The molecule has 0 aromatic rings. The van der Waals surface area contributed by atoms with E-state index in [1.165, 1.54) is 0 Å². The fraction of sp³-hybridized carbons (Fsp3) is 0.778. The Balaban J connectivity index is 2.37. The Hall–Kier alpha value is -0.660. The standard InChI is InChI=1S/C9H14O2/c1-2-3-9(11)7-4-5-8(10)6-7/h7H,2-6H2,1H3. The van der Waals surface area contributed by atoms with Crippen LogP contribution in [0.5, 0.6) is 0 Å². The van der Waals surface area contributed by atoms with E-state index in [-0.39, 0.29) is 11.7 Å². The molecule has 11 heavy (non-hydrogen) atoms. The lowest BCUT2D eigenvalue weighted by atomic mass is 9.99. The van der Waals surface area contributed by atoms with E-state index in [1.807, 2.05) is 6.92 Å². The first kappa shape index (κ1) is 8.44. The molecule has 0 aromatic heterocycles. The smallest absolute Gasteiger partial charge is 0.136 e. The van der Waals surface area contributed by atoms with Crippen molar-refractivity contribution < 1.29 is 9.59 Å². The van der Waals surface area contributed by atoms with Crippen LogP contribution >= 0.6 is 0 Å². The summed E-state index contributed by atoms with van der Waals surface area (Å²) in [6.45, 7) is 1.99. The van der Waals surface area contributed by atoms with Gasteiger partial charge in [0.1, 0.15) is 11.6 Å². The van der Waals surface area contributed by atoms with Gasteiger partial charge in [-0.1, -0.05) is 6.92 Å². The van der Waals surface area contributed by atoms with Gasteiger partial charge in [-0.15, -0.1) is 0 Å². The second kappa shape index (κ2) is 3.65. The number of hydrogen-bond donors (Lipinski definition) is 0. The first-order valence-corrected chi connectivity index (χ1v) is 4.28. The molecule has 1 rings (SSSR count). The molecule has 1 atom stereocenters. The van der Waals surface area contributed by atoms with Crippen molar-refractivity contribution in [2.75, 3.05) is 0 Å². The van der Waals surface area contributed by atoms with E-state index in [0.717, 1.165) is 12.8 Å². The van der Waals surface area contributed by atoms with Gasteiger partial charge in [-0.05, 0) is 12.8 Å². The summed E-state index contributed by atoms with van der Waals surface area (Å²) in [6.07, 6.45) is 3.50. The van der Waals surface area contributed by atoms with Crippen LogP contribution in [0.15, 0.2) is 0 Å². The van der Waals surface area contributed by atoms with E-state index in [2.05, 4.69) is 0 Å². The maximum atomic E-state index is 11.2. The molecule has 2 heteroatoms. The van der Waals surface area contributed by atoms with E-state index in [1.54, 1.807) is 0 Å². The van der Waals surface area contributed by atoms with Crippen molar-refractivity contribution in [2.45, 2.75) is 39.0 Å². The minimum absolute atomic E-state index is 0.0717. The van der Waals surface area contributed by atoms with Gasteiger partial charge in [0.25, 0.3) is 0 Å². The van der Waals surface area contributed by atoms with Crippen LogP contribution in [0.25, 0.3) is 0 Å². The van der Waals surface area contributed by atoms with Crippen LogP contribution < -0.4 is 0 Å². The average molecular weight is 154 g/mol. The minimum Gasteiger partial charge on any atom is -0.300 e. The van der Waals surface area contributed by atoms with Gasteiger partial charge in [0, 0.05) is 25.2 Å². The molecular weight excluding hydrogens is 140 g/mol. The molecule has 0 saturated heterocycles. The van der Waals surface area contributed by atoms with Gasteiger partial charge in [0.2, 0.25) is 0 Å². The highest BCUT2D eigenvalue weighted by atomic mass is 16.1. The lowest BCUT2D eigenvalue weighted by Gasteiger charge is -2.03. The predicted molar refractivity (Wildman–Crippen MR) is 42.3 cm³/mol. The van der Waals surface area contributed by atoms with Crippen molar-refractivity contribution in [3.63, 3.8) is 0 Å². The summed E-state index contributed by atoms with van der Waals surface area (Å²) in [5.74, 6) is 0.625. The van der Waals surface area contributed by atoms with Gasteiger partial charge in [-0.2, -0.15) is 0 Å². The fourth-order valence-corrected chi connectivity index (χ4v) is 1.54. The zero-order valence-corrected chi connectivity index (χ0v) is 6.93. The monoisotopic (exact) mass is 154 g/mol. The van der Waals surface area contributed by atoms with Gasteiger partial charge in [0.05, 0.1) is 0 Å². The largest absolute Gasteiger partial charge is 0.300 e. The van der Waals surface area contributed by atoms with Gasteiger partial charge >= 0.3 is 0 Å². The average Bonchev–Trinajstić information content (AvgIpc) is 2.36. The van der Waals surface area contributed by atoms with Crippen LogP contribution in [0.1, 0.15) is 39.0 Å². The molecule has 0 bridgehead atoms. The van der Waals surface area contributed by atoms with Crippen LogP contribution in [0.3, 0.4) is 0 Å². The van der Waals surface area contributed by atoms with E-state index in [9.17, 15) is 9.59 Å². The predicted octanol–water partition coefficient (Wildman–Crippen LogP) is 1.72. The first-order valence-electron chi connectivity index (χ1n) is 4.28. The zero-order chi connectivity index (χ0) is 8.27. The molecule has 0 spiro atoms. The number of ketones is 2. The van der Waals surface area contributed by atoms with Crippen LogP contribution in [0.2, 0.25) is 0 Å². The van der Waals surface area contributed by atoms with E-state index in [0.29, 0.717) is 25.0 Å². The Morgan fingerprint density at radius 2 is 2.36 bits per heavy atom. The van der Waals surface area contributed by atoms with E-state index in [4.69, 9.17) is 0 Å². The summed E-state index contributed by atoms with van der Waals surface area (Å²) in [5, 5.41) is 0. The van der Waals surface area contributed by atoms with Crippen LogP contribution in [0.4, 0.5) is 0 Å². The molecule has 0 aromatic carbocycles. The Morgan fingerprint density at radius 1 is 1.64 bits per heavy atom. The third-order valence-electron chi connectivity index (χ3n) is 2.20. The van der Waals surface area contributed by atoms with Gasteiger partial charge in [0.15, 0.2) is 0 Å². The highest BCUT2D eigenvalue weighted by Crippen LogP contribution is 2.23. The number of hydrogen-bond acceptors (Lipinski definition) is 2. The molecule has 0 amide bonds. The Morgan fingerprint density at radius 3 is 2.82 bits per heavy atom. The fourth-order valence-electron chi connectivity index (χ4n) is 1.54. The summed E-state index contributed by atoms with van der Waals surface area (Å²) in [4.78, 5) is 22.0. The minimum atomic E-state index is 0.0717. The van der Waals surface area contributed by atoms with Crippen molar-refractivity contribution in [3.8, 4) is 0 Å². The molecule has 1 aliphatic carbocycles. The van der Waals surface area contributed by atoms with Gasteiger partial charge < -0.3 is 0 Å². The highest BCUT2D eigenvalue weighted by molar-refractivity contribution is 5.90. The molecule has 1 fully saturated rings. The molecule has 1 unspecified atom stereocenters. The molecule has 1 saturated carbocycles. The quantitative estimate of drug-likeness (QED) is 0.620. The molecule has 0 heterocycles. The van der Waals surface area contributed by atoms with Gasteiger partial charge in [-0.25, -0.2) is 0 Å². The third kappa shape index (κ3) is 2.14. The van der Waals surface area contributed by atoms with Crippen molar-refractivity contribution in [1.29, 1.82) is 0 Å². The Kier molecular flexibility index (Phi) is 2.80. The zero-order valence-electron chi connectivity index (χ0n) is 6.93. The lowest BCUT2D eigenvalue weighted by Crippen LogP contribution is -2.10. The highest BCUT2D eigenvalue weighted by Gasteiger charge is 2.26. The summed E-state index contributed by atoms with van der Waals surface area (Å²) < 4.78 is 0. The second-order valence-electron chi connectivity index (χ2n) is 3.19. The number of rotatable bonds is 3. The van der Waals surface area contributed by atoms with Crippen LogP contribution in [-0.2, 0) is 9.59 Å². The topological polar surface area (TPSA) is 34.1 Å². The Bertz CT molecular complexity index is 172. The maximum absolute atomic E-state index is 11.2. The first-order chi connectivity index (χ1) is 5.24. The lowest BCUT2D eigenvalue weighted by molar-refractivity contribution is -0.124. The van der Waals surface area contributed by atoms with Crippen molar-refractivity contribution in [2.24, 2.45) is 5.92 Å². The molecule has 0 N–H and O–H groups in total. The molecule has 0 radical (unpaired) electrons. The molecule has 2 nitrogen and oxygen atoms in total. The van der Waals surface area contributed by atoms with Crippen molar-refractivity contribution >= 4 is 11.6 Å². The van der Waals surface area contributed by atoms with Crippen molar-refractivity contribution in [1.82, 2.24) is 0 Å². The van der Waals surface area contributed by atoms with Crippen LogP contribution in [-0.4, -0.2) is 11.6 Å².